The monoisotopic (exact) mass is 272 g/mol. The van der Waals surface area contributed by atoms with E-state index in [0.717, 1.165) is 30.2 Å². The highest BCUT2D eigenvalue weighted by molar-refractivity contribution is 6.31. The summed E-state index contributed by atoms with van der Waals surface area (Å²) in [5, 5.41) is 0.845. The molecule has 0 unspecified atom stereocenters. The number of nitrogens with two attached hydrogens (primary N) is 1. The second-order valence-electron chi connectivity index (χ2n) is 5.15. The molecule has 0 radical (unpaired) electrons. The van der Waals surface area contributed by atoms with Gasteiger partial charge < -0.3 is 10.6 Å². The van der Waals surface area contributed by atoms with Crippen LogP contribution in [0.5, 0.6) is 0 Å². The van der Waals surface area contributed by atoms with Gasteiger partial charge in [-0.2, -0.15) is 0 Å². The molecule has 0 fully saturated rings. The van der Waals surface area contributed by atoms with Crippen LogP contribution in [0.3, 0.4) is 0 Å². The summed E-state index contributed by atoms with van der Waals surface area (Å²) >= 11 is 6.31. The molecular formula is C16H17ClN2. The molecule has 0 amide bonds. The first-order chi connectivity index (χ1) is 9.13. The van der Waals surface area contributed by atoms with Crippen LogP contribution < -0.4 is 10.6 Å². The van der Waals surface area contributed by atoms with Gasteiger partial charge in [-0.15, -0.1) is 0 Å². The van der Waals surface area contributed by atoms with Gasteiger partial charge in [-0.3, -0.25) is 0 Å². The average Bonchev–Trinajstić information content (AvgIpc) is 2.75. The molecule has 3 heteroatoms. The number of hydrogen-bond donors (Lipinski definition) is 1. The summed E-state index contributed by atoms with van der Waals surface area (Å²) in [6.45, 7) is 3.93. The molecular weight excluding hydrogens is 256 g/mol. The van der Waals surface area contributed by atoms with Gasteiger partial charge in [-0.25, -0.2) is 0 Å². The summed E-state index contributed by atoms with van der Waals surface area (Å²) in [6.07, 6.45) is 1.08. The Bertz CT molecular complexity index is 622. The Labute approximate surface area is 118 Å². The van der Waals surface area contributed by atoms with E-state index >= 15 is 0 Å². The van der Waals surface area contributed by atoms with Crippen LogP contribution in [0.25, 0.3) is 0 Å². The van der Waals surface area contributed by atoms with Gasteiger partial charge in [0.15, 0.2) is 0 Å². The summed E-state index contributed by atoms with van der Waals surface area (Å²) in [5.41, 5.74) is 11.7. The number of fused-ring (bicyclic) bond motifs is 1. The molecule has 2 nitrogen and oxygen atoms in total. The van der Waals surface area contributed by atoms with Crippen LogP contribution in [0.1, 0.15) is 16.7 Å². The Morgan fingerprint density at radius 1 is 1.21 bits per heavy atom. The summed E-state index contributed by atoms with van der Waals surface area (Å²) < 4.78 is 0. The Morgan fingerprint density at radius 2 is 2.05 bits per heavy atom. The maximum atomic E-state index is 6.31. The fourth-order valence-corrected chi connectivity index (χ4v) is 2.91. The normalized spacial score (nSPS) is 13.7. The molecule has 2 aromatic carbocycles. The van der Waals surface area contributed by atoms with E-state index in [1.807, 2.05) is 12.1 Å². The number of aryl methyl sites for hydroxylation is 1. The lowest BCUT2D eigenvalue weighted by atomic mass is 10.1. The molecule has 19 heavy (non-hydrogen) atoms. The molecule has 98 valence electrons. The minimum atomic E-state index is 0.820. The molecule has 0 atom stereocenters. The first kappa shape index (κ1) is 12.4. The van der Waals surface area contributed by atoms with Crippen molar-refractivity contribution in [3.63, 3.8) is 0 Å². The lowest BCUT2D eigenvalue weighted by molar-refractivity contribution is 0.836. The van der Waals surface area contributed by atoms with Gasteiger partial charge in [-0.05, 0) is 48.2 Å². The molecule has 0 aromatic heterocycles. The highest BCUT2D eigenvalue weighted by atomic mass is 35.5. The van der Waals surface area contributed by atoms with Crippen molar-refractivity contribution in [2.75, 3.05) is 17.2 Å². The lowest BCUT2D eigenvalue weighted by Crippen LogP contribution is -2.20. The number of anilines is 2. The number of rotatable bonds is 2. The van der Waals surface area contributed by atoms with Crippen LogP contribution in [0, 0.1) is 6.92 Å². The van der Waals surface area contributed by atoms with Crippen molar-refractivity contribution in [1.29, 1.82) is 0 Å². The zero-order chi connectivity index (χ0) is 13.4. The van der Waals surface area contributed by atoms with Crippen molar-refractivity contribution in [3.05, 3.63) is 58.1 Å². The molecule has 1 heterocycles. The lowest BCUT2D eigenvalue weighted by Gasteiger charge is -2.20. The fourth-order valence-electron chi connectivity index (χ4n) is 2.61. The van der Waals surface area contributed by atoms with E-state index in [1.54, 1.807) is 0 Å². The molecule has 0 saturated carbocycles. The summed E-state index contributed by atoms with van der Waals surface area (Å²) in [6, 6.07) is 12.4. The van der Waals surface area contributed by atoms with Gasteiger partial charge >= 0.3 is 0 Å². The van der Waals surface area contributed by atoms with E-state index in [1.165, 1.54) is 22.4 Å². The summed E-state index contributed by atoms with van der Waals surface area (Å²) in [7, 11) is 0. The smallest absolute Gasteiger partial charge is 0.0458 e. The highest BCUT2D eigenvalue weighted by Crippen LogP contribution is 2.32. The fraction of sp³-hybridized carbons (Fsp3) is 0.250. The largest absolute Gasteiger partial charge is 0.399 e. The van der Waals surface area contributed by atoms with Crippen LogP contribution in [0.4, 0.5) is 11.4 Å². The van der Waals surface area contributed by atoms with Crippen molar-refractivity contribution < 1.29 is 0 Å². The third kappa shape index (κ3) is 2.41. The third-order valence-electron chi connectivity index (χ3n) is 3.67. The van der Waals surface area contributed by atoms with Gasteiger partial charge in [0.1, 0.15) is 0 Å². The van der Waals surface area contributed by atoms with Crippen LogP contribution in [0.15, 0.2) is 36.4 Å². The first-order valence-electron chi connectivity index (χ1n) is 6.52. The van der Waals surface area contributed by atoms with Crippen LogP contribution in [-0.2, 0) is 13.0 Å². The second-order valence-corrected chi connectivity index (χ2v) is 5.56. The predicted octanol–water partition coefficient (Wildman–Crippen LogP) is 3.79. The van der Waals surface area contributed by atoms with Crippen molar-refractivity contribution in [1.82, 2.24) is 0 Å². The minimum absolute atomic E-state index is 0.820. The van der Waals surface area contributed by atoms with E-state index in [0.29, 0.717) is 0 Å². The Hall–Kier alpha value is -1.67. The van der Waals surface area contributed by atoms with E-state index < -0.39 is 0 Å². The molecule has 0 bridgehead atoms. The molecule has 0 saturated heterocycles. The van der Waals surface area contributed by atoms with Gasteiger partial charge in [0.25, 0.3) is 0 Å². The van der Waals surface area contributed by atoms with Crippen LogP contribution in [-0.4, -0.2) is 6.54 Å². The minimum Gasteiger partial charge on any atom is -0.399 e. The molecule has 0 aliphatic carbocycles. The zero-order valence-electron chi connectivity index (χ0n) is 11.0. The maximum absolute atomic E-state index is 6.31. The van der Waals surface area contributed by atoms with Crippen molar-refractivity contribution >= 4 is 23.0 Å². The second kappa shape index (κ2) is 4.78. The molecule has 3 rings (SSSR count). The summed E-state index contributed by atoms with van der Waals surface area (Å²) in [5.74, 6) is 0. The number of halogens is 1. The van der Waals surface area contributed by atoms with E-state index in [-0.39, 0.29) is 0 Å². The molecule has 0 spiro atoms. The molecule has 1 aliphatic heterocycles. The molecule has 2 aromatic rings. The van der Waals surface area contributed by atoms with Crippen LogP contribution in [0.2, 0.25) is 5.02 Å². The van der Waals surface area contributed by atoms with Crippen molar-refractivity contribution in [3.8, 4) is 0 Å². The first-order valence-corrected chi connectivity index (χ1v) is 6.89. The zero-order valence-corrected chi connectivity index (χ0v) is 11.7. The quantitative estimate of drug-likeness (QED) is 0.843. The Kier molecular flexibility index (Phi) is 3.11. The van der Waals surface area contributed by atoms with Gasteiger partial charge in [0, 0.05) is 29.5 Å². The van der Waals surface area contributed by atoms with E-state index in [2.05, 4.69) is 36.1 Å². The maximum Gasteiger partial charge on any atom is 0.0458 e. The average molecular weight is 273 g/mol. The van der Waals surface area contributed by atoms with Gasteiger partial charge in [0.05, 0.1) is 0 Å². The van der Waals surface area contributed by atoms with E-state index in [4.69, 9.17) is 17.3 Å². The number of nitrogen functional groups attached to an aromatic ring is 1. The summed E-state index contributed by atoms with van der Waals surface area (Å²) in [4.78, 5) is 2.35. The van der Waals surface area contributed by atoms with Crippen molar-refractivity contribution in [2.45, 2.75) is 19.9 Å². The number of hydrogen-bond acceptors (Lipinski definition) is 2. The molecule has 1 aliphatic rings. The Balaban J connectivity index is 1.88. The van der Waals surface area contributed by atoms with E-state index in [9.17, 15) is 0 Å². The highest BCUT2D eigenvalue weighted by Gasteiger charge is 2.19. The van der Waals surface area contributed by atoms with Crippen molar-refractivity contribution in [2.24, 2.45) is 0 Å². The van der Waals surface area contributed by atoms with Crippen LogP contribution >= 0.6 is 11.6 Å². The topological polar surface area (TPSA) is 29.3 Å². The SMILES string of the molecule is Cc1ccc(CN2CCc3ccc(N)cc32)c(Cl)c1. The Morgan fingerprint density at radius 3 is 2.84 bits per heavy atom. The van der Waals surface area contributed by atoms with Gasteiger partial charge in [0.2, 0.25) is 0 Å². The number of benzene rings is 2. The predicted molar refractivity (Wildman–Crippen MR) is 81.8 cm³/mol. The number of nitrogens with zero attached hydrogens (tertiary/aromatic N) is 1. The van der Waals surface area contributed by atoms with Gasteiger partial charge in [-0.1, -0.05) is 29.8 Å². The molecule has 2 N–H and O–H groups in total. The standard InChI is InChI=1S/C16H17ClN2/c1-11-2-3-13(15(17)8-11)10-19-7-6-12-4-5-14(18)9-16(12)19/h2-5,8-9H,6-7,10,18H2,1H3. The third-order valence-corrected chi connectivity index (χ3v) is 4.02.